The zero-order valence-corrected chi connectivity index (χ0v) is 16.1. The van der Waals surface area contributed by atoms with E-state index in [-0.39, 0.29) is 18.0 Å². The van der Waals surface area contributed by atoms with E-state index in [1.165, 1.54) is 0 Å². The van der Waals surface area contributed by atoms with Crippen LogP contribution in [0.2, 0.25) is 0 Å². The molecule has 0 bridgehead atoms. The van der Waals surface area contributed by atoms with Crippen LogP contribution in [-0.2, 0) is 4.79 Å². The van der Waals surface area contributed by atoms with Crippen LogP contribution >= 0.6 is 0 Å². The topological polar surface area (TPSA) is 61.9 Å². The molecule has 2 atom stereocenters. The number of nitrogens with zero attached hydrogens (tertiary/aromatic N) is 2. The van der Waals surface area contributed by atoms with E-state index in [2.05, 4.69) is 26.1 Å². The molecule has 0 radical (unpaired) electrons. The molecular formula is C20H27N3O3. The number of hydrogen-bond acceptors (Lipinski definition) is 3. The minimum atomic E-state index is -0.429. The largest absolute Gasteiger partial charge is 0.494 e. The third-order valence-corrected chi connectivity index (χ3v) is 5.37. The van der Waals surface area contributed by atoms with Crippen LogP contribution in [0.25, 0.3) is 0 Å². The van der Waals surface area contributed by atoms with Crippen molar-refractivity contribution in [2.45, 2.75) is 39.8 Å². The van der Waals surface area contributed by atoms with E-state index in [1.807, 2.05) is 36.1 Å². The Balaban J connectivity index is 1.96. The third-order valence-electron chi connectivity index (χ3n) is 5.37. The SMILES string of the molecule is CCOc1ccc(C2NC(=O)N(C)C3=C2C(=O)N(C(C)C(C)C)C3)cc1. The first-order valence-corrected chi connectivity index (χ1v) is 9.16. The Labute approximate surface area is 154 Å². The van der Waals surface area contributed by atoms with Gasteiger partial charge in [0.1, 0.15) is 5.75 Å². The summed E-state index contributed by atoms with van der Waals surface area (Å²) in [7, 11) is 1.72. The van der Waals surface area contributed by atoms with Gasteiger partial charge in [-0.1, -0.05) is 26.0 Å². The van der Waals surface area contributed by atoms with Crippen LogP contribution in [0.5, 0.6) is 5.75 Å². The number of urea groups is 1. The monoisotopic (exact) mass is 357 g/mol. The normalized spacial score (nSPS) is 21.2. The van der Waals surface area contributed by atoms with E-state index in [4.69, 9.17) is 4.74 Å². The minimum absolute atomic E-state index is 0.00642. The highest BCUT2D eigenvalue weighted by atomic mass is 16.5. The lowest BCUT2D eigenvalue weighted by molar-refractivity contribution is -0.128. The third kappa shape index (κ3) is 3.04. The van der Waals surface area contributed by atoms with Crippen molar-refractivity contribution < 1.29 is 14.3 Å². The molecule has 0 saturated heterocycles. The summed E-state index contributed by atoms with van der Waals surface area (Å²) in [5.41, 5.74) is 2.35. The molecule has 3 rings (SSSR count). The molecule has 2 aliphatic rings. The van der Waals surface area contributed by atoms with Gasteiger partial charge in [-0.25, -0.2) is 4.79 Å². The lowest BCUT2D eigenvalue weighted by Gasteiger charge is -2.31. The van der Waals surface area contributed by atoms with Crippen LogP contribution in [0.4, 0.5) is 4.79 Å². The van der Waals surface area contributed by atoms with Gasteiger partial charge in [-0.05, 0) is 37.5 Å². The van der Waals surface area contributed by atoms with Gasteiger partial charge in [0.15, 0.2) is 0 Å². The summed E-state index contributed by atoms with van der Waals surface area (Å²) in [6, 6.07) is 7.06. The van der Waals surface area contributed by atoms with E-state index in [0.29, 0.717) is 24.6 Å². The van der Waals surface area contributed by atoms with E-state index in [0.717, 1.165) is 17.0 Å². The van der Waals surface area contributed by atoms with Crippen LogP contribution in [0.1, 0.15) is 39.3 Å². The van der Waals surface area contributed by atoms with Gasteiger partial charge in [-0.15, -0.1) is 0 Å². The van der Waals surface area contributed by atoms with Gasteiger partial charge in [0.2, 0.25) is 0 Å². The number of nitrogens with one attached hydrogen (secondary N) is 1. The Morgan fingerprint density at radius 3 is 2.42 bits per heavy atom. The van der Waals surface area contributed by atoms with Crippen molar-refractivity contribution in [1.29, 1.82) is 0 Å². The van der Waals surface area contributed by atoms with E-state index in [9.17, 15) is 9.59 Å². The summed E-state index contributed by atoms with van der Waals surface area (Å²) in [4.78, 5) is 29.0. The molecular weight excluding hydrogens is 330 g/mol. The first kappa shape index (κ1) is 18.3. The molecule has 2 aliphatic heterocycles. The first-order valence-electron chi connectivity index (χ1n) is 9.16. The van der Waals surface area contributed by atoms with Crippen LogP contribution in [0.3, 0.4) is 0 Å². The molecule has 6 nitrogen and oxygen atoms in total. The lowest BCUT2D eigenvalue weighted by Crippen LogP contribution is -2.45. The van der Waals surface area contributed by atoms with Crippen molar-refractivity contribution in [3.63, 3.8) is 0 Å². The highest BCUT2D eigenvalue weighted by molar-refractivity contribution is 6.01. The molecule has 0 saturated carbocycles. The van der Waals surface area contributed by atoms with Crippen molar-refractivity contribution >= 4 is 11.9 Å². The fourth-order valence-corrected chi connectivity index (χ4v) is 3.45. The van der Waals surface area contributed by atoms with Crippen molar-refractivity contribution in [1.82, 2.24) is 15.1 Å². The van der Waals surface area contributed by atoms with Gasteiger partial charge in [0.25, 0.3) is 5.91 Å². The standard InChI is InChI=1S/C20H27N3O3/c1-6-26-15-9-7-14(8-10-15)18-17-16(22(5)20(25)21-18)11-23(19(17)24)13(4)12(2)3/h7-10,12-13,18H,6,11H2,1-5H3,(H,21,25). The van der Waals surface area contributed by atoms with Gasteiger partial charge in [0.05, 0.1) is 30.5 Å². The smallest absolute Gasteiger partial charge is 0.322 e. The fourth-order valence-electron chi connectivity index (χ4n) is 3.45. The predicted octanol–water partition coefficient (Wildman–Crippen LogP) is 2.92. The van der Waals surface area contributed by atoms with Gasteiger partial charge in [-0.3, -0.25) is 9.69 Å². The van der Waals surface area contributed by atoms with Gasteiger partial charge in [-0.2, -0.15) is 0 Å². The molecule has 2 heterocycles. The molecule has 6 heteroatoms. The maximum absolute atomic E-state index is 13.2. The number of carbonyl (C=O) groups is 2. The van der Waals surface area contributed by atoms with E-state index in [1.54, 1.807) is 11.9 Å². The second-order valence-corrected chi connectivity index (χ2v) is 7.22. The Morgan fingerprint density at radius 2 is 1.85 bits per heavy atom. The number of hydrogen-bond donors (Lipinski definition) is 1. The van der Waals surface area contributed by atoms with Crippen molar-refractivity contribution in [3.8, 4) is 5.75 Å². The Kier molecular flexibility index (Phi) is 4.94. The Morgan fingerprint density at radius 1 is 1.19 bits per heavy atom. The summed E-state index contributed by atoms with van der Waals surface area (Å²) in [5.74, 6) is 1.13. The van der Waals surface area contributed by atoms with Crippen molar-refractivity contribution in [2.75, 3.05) is 20.2 Å². The molecule has 140 valence electrons. The lowest BCUT2D eigenvalue weighted by atomic mass is 9.95. The van der Waals surface area contributed by atoms with Crippen LogP contribution in [-0.4, -0.2) is 48.0 Å². The van der Waals surface area contributed by atoms with E-state index < -0.39 is 6.04 Å². The summed E-state index contributed by atoms with van der Waals surface area (Å²) in [6.45, 7) is 9.27. The zero-order valence-electron chi connectivity index (χ0n) is 16.1. The van der Waals surface area contributed by atoms with Gasteiger partial charge in [0, 0.05) is 13.1 Å². The number of ether oxygens (including phenoxy) is 1. The first-order chi connectivity index (χ1) is 12.3. The molecule has 0 fully saturated rings. The highest BCUT2D eigenvalue weighted by Gasteiger charge is 2.44. The maximum atomic E-state index is 13.2. The van der Waals surface area contributed by atoms with Gasteiger partial charge >= 0.3 is 6.03 Å². The highest BCUT2D eigenvalue weighted by Crippen LogP contribution is 2.37. The second-order valence-electron chi connectivity index (χ2n) is 7.22. The second kappa shape index (κ2) is 7.02. The van der Waals surface area contributed by atoms with Crippen molar-refractivity contribution in [3.05, 3.63) is 41.1 Å². The number of amides is 3. The molecule has 0 aromatic heterocycles. The van der Waals surface area contributed by atoms with Crippen LogP contribution in [0, 0.1) is 5.92 Å². The number of benzene rings is 1. The molecule has 1 aromatic rings. The summed E-state index contributed by atoms with van der Waals surface area (Å²) >= 11 is 0. The number of rotatable bonds is 5. The van der Waals surface area contributed by atoms with Crippen molar-refractivity contribution in [2.24, 2.45) is 5.92 Å². The predicted molar refractivity (Wildman–Crippen MR) is 99.7 cm³/mol. The summed E-state index contributed by atoms with van der Waals surface area (Å²) in [5, 5.41) is 2.97. The molecule has 2 unspecified atom stereocenters. The molecule has 0 spiro atoms. The fraction of sp³-hybridized carbons (Fsp3) is 0.500. The molecule has 3 amide bonds. The number of likely N-dealkylation sites (N-methyl/N-ethyl adjacent to an activating group) is 1. The molecule has 1 aromatic carbocycles. The zero-order chi connectivity index (χ0) is 19.0. The Hall–Kier alpha value is -2.50. The quantitative estimate of drug-likeness (QED) is 0.881. The van der Waals surface area contributed by atoms with E-state index >= 15 is 0 Å². The molecule has 0 aliphatic carbocycles. The number of carbonyl (C=O) groups excluding carboxylic acids is 2. The average Bonchev–Trinajstić information content (AvgIpc) is 2.96. The molecule has 26 heavy (non-hydrogen) atoms. The molecule has 1 N–H and O–H groups in total. The maximum Gasteiger partial charge on any atom is 0.322 e. The van der Waals surface area contributed by atoms with Gasteiger partial charge < -0.3 is 15.0 Å². The summed E-state index contributed by atoms with van der Waals surface area (Å²) in [6.07, 6.45) is 0. The van der Waals surface area contributed by atoms with Crippen LogP contribution < -0.4 is 10.1 Å². The summed E-state index contributed by atoms with van der Waals surface area (Å²) < 4.78 is 5.49. The van der Waals surface area contributed by atoms with Crippen LogP contribution in [0.15, 0.2) is 35.5 Å². The minimum Gasteiger partial charge on any atom is -0.494 e. The Bertz CT molecular complexity index is 739. The average molecular weight is 357 g/mol.